The summed E-state index contributed by atoms with van der Waals surface area (Å²) < 4.78 is 51.2. The fraction of sp³-hybridized carbons (Fsp3) is 0.538. The zero-order valence-electron chi connectivity index (χ0n) is 21.2. The standard InChI is InChI=1S/C26H29F3N6O3/c1-15-9-18-12-31-35(21(18)10-20(15)17-4-7-30-8-5-17)23-11-22(32-16(2)33-23)34-13-19-3-6-25(14-34,37-19)38-24(36)26(27,28)29/h9-12,17,19,30H,3-8,13-14H2,1-2H3. The molecule has 3 fully saturated rings. The van der Waals surface area contributed by atoms with Gasteiger partial charge in [-0.1, -0.05) is 0 Å². The molecule has 0 spiro atoms. The summed E-state index contributed by atoms with van der Waals surface area (Å²) in [4.78, 5) is 22.6. The van der Waals surface area contributed by atoms with Gasteiger partial charge in [0, 0.05) is 24.4 Å². The van der Waals surface area contributed by atoms with Crippen LogP contribution in [0, 0.1) is 13.8 Å². The molecule has 0 amide bonds. The lowest BCUT2D eigenvalue weighted by molar-refractivity contribution is -0.258. The van der Waals surface area contributed by atoms with E-state index < -0.39 is 17.9 Å². The Morgan fingerprint density at radius 3 is 2.66 bits per heavy atom. The molecule has 3 aromatic rings. The Labute approximate surface area is 217 Å². The summed E-state index contributed by atoms with van der Waals surface area (Å²) >= 11 is 0. The average Bonchev–Trinajstić information content (AvgIpc) is 3.42. The minimum atomic E-state index is -5.09. The number of hydrogen-bond acceptors (Lipinski definition) is 8. The Morgan fingerprint density at radius 2 is 1.89 bits per heavy atom. The van der Waals surface area contributed by atoms with Gasteiger partial charge in [-0.2, -0.15) is 18.3 Å². The molecule has 2 bridgehead atoms. The van der Waals surface area contributed by atoms with Crippen LogP contribution in [0.5, 0.6) is 0 Å². The highest BCUT2D eigenvalue weighted by Crippen LogP contribution is 2.40. The number of aryl methyl sites for hydroxylation is 2. The summed E-state index contributed by atoms with van der Waals surface area (Å²) in [6.07, 6.45) is -0.816. The van der Waals surface area contributed by atoms with E-state index in [1.54, 1.807) is 22.6 Å². The number of carbonyl (C=O) groups is 1. The fourth-order valence-corrected chi connectivity index (χ4v) is 5.92. The number of morpholine rings is 1. The van der Waals surface area contributed by atoms with Crippen LogP contribution >= 0.6 is 0 Å². The molecule has 2 aromatic heterocycles. The number of anilines is 1. The third-order valence-electron chi connectivity index (χ3n) is 7.68. The van der Waals surface area contributed by atoms with Gasteiger partial charge in [0.2, 0.25) is 5.79 Å². The first-order chi connectivity index (χ1) is 18.1. The van der Waals surface area contributed by atoms with E-state index in [1.807, 2.05) is 6.20 Å². The second-order valence-electron chi connectivity index (χ2n) is 10.4. The molecule has 0 radical (unpaired) electrons. The zero-order chi connectivity index (χ0) is 26.7. The Kier molecular flexibility index (Phi) is 6.06. The molecule has 1 N–H and O–H groups in total. The number of nitrogens with one attached hydrogen (secondary N) is 1. The molecule has 0 aliphatic carbocycles. The van der Waals surface area contributed by atoms with Gasteiger partial charge in [0.05, 0.1) is 24.4 Å². The summed E-state index contributed by atoms with van der Waals surface area (Å²) in [6.45, 7) is 6.25. The van der Waals surface area contributed by atoms with Crippen molar-refractivity contribution in [2.24, 2.45) is 0 Å². The summed E-state index contributed by atoms with van der Waals surface area (Å²) in [5.41, 5.74) is 3.49. The molecule has 2 atom stereocenters. The number of piperidine rings is 1. The third-order valence-corrected chi connectivity index (χ3v) is 7.68. The maximum absolute atomic E-state index is 12.9. The molecule has 3 saturated heterocycles. The van der Waals surface area contributed by atoms with Crippen LogP contribution in [0.4, 0.5) is 19.0 Å². The van der Waals surface area contributed by atoms with Gasteiger partial charge in [0.1, 0.15) is 11.6 Å². The van der Waals surface area contributed by atoms with Crippen LogP contribution in [0.15, 0.2) is 24.4 Å². The van der Waals surface area contributed by atoms with Crippen molar-refractivity contribution in [2.75, 3.05) is 31.1 Å². The number of alkyl halides is 3. The lowest BCUT2D eigenvalue weighted by Crippen LogP contribution is -2.54. The highest BCUT2D eigenvalue weighted by Gasteiger charge is 2.54. The first-order valence-electron chi connectivity index (χ1n) is 12.9. The monoisotopic (exact) mass is 530 g/mol. The van der Waals surface area contributed by atoms with Crippen molar-refractivity contribution in [3.63, 3.8) is 0 Å². The molecule has 0 saturated carbocycles. The minimum Gasteiger partial charge on any atom is -0.424 e. The molecule has 5 heterocycles. The molecule has 38 heavy (non-hydrogen) atoms. The van der Waals surface area contributed by atoms with Crippen molar-refractivity contribution in [1.29, 1.82) is 0 Å². The predicted molar refractivity (Wildman–Crippen MR) is 132 cm³/mol. The van der Waals surface area contributed by atoms with E-state index in [0.717, 1.165) is 36.8 Å². The largest absolute Gasteiger partial charge is 0.491 e. The van der Waals surface area contributed by atoms with Gasteiger partial charge in [-0.25, -0.2) is 19.4 Å². The highest BCUT2D eigenvalue weighted by atomic mass is 19.4. The summed E-state index contributed by atoms with van der Waals surface area (Å²) in [6, 6.07) is 6.13. The second-order valence-corrected chi connectivity index (χ2v) is 10.4. The second kappa shape index (κ2) is 9.19. The SMILES string of the molecule is Cc1nc(N2CC3CCC(OC(=O)C(F)(F)F)(C2)O3)cc(-n2ncc3cc(C)c(C4CCNCC4)cc32)n1. The lowest BCUT2D eigenvalue weighted by Gasteiger charge is -2.40. The average molecular weight is 531 g/mol. The molecule has 1 aromatic carbocycles. The van der Waals surface area contributed by atoms with Gasteiger partial charge in [-0.3, -0.25) is 0 Å². The molecule has 12 heteroatoms. The highest BCUT2D eigenvalue weighted by molar-refractivity contribution is 5.82. The number of carbonyl (C=O) groups excluding carboxylic acids is 1. The summed E-state index contributed by atoms with van der Waals surface area (Å²) in [5.74, 6) is -1.86. The van der Waals surface area contributed by atoms with Gasteiger partial charge in [-0.05, 0) is 75.4 Å². The van der Waals surface area contributed by atoms with Crippen molar-refractivity contribution >= 4 is 22.7 Å². The number of esters is 1. The molecule has 9 nitrogen and oxygen atoms in total. The van der Waals surface area contributed by atoms with Crippen LogP contribution in [0.3, 0.4) is 0 Å². The minimum absolute atomic E-state index is 0.0554. The first-order valence-corrected chi connectivity index (χ1v) is 12.9. The van der Waals surface area contributed by atoms with Crippen molar-refractivity contribution in [3.8, 4) is 5.82 Å². The van der Waals surface area contributed by atoms with Crippen molar-refractivity contribution in [1.82, 2.24) is 25.1 Å². The van der Waals surface area contributed by atoms with Crippen LogP contribution in [0.1, 0.15) is 48.6 Å². The molecule has 2 unspecified atom stereocenters. The van der Waals surface area contributed by atoms with Gasteiger partial charge in [0.15, 0.2) is 5.82 Å². The number of benzene rings is 1. The number of rotatable bonds is 4. The molecular weight excluding hydrogens is 501 g/mol. The number of fused-ring (bicyclic) bond motifs is 3. The molecular formula is C26H29F3N6O3. The zero-order valence-corrected chi connectivity index (χ0v) is 21.2. The van der Waals surface area contributed by atoms with E-state index in [4.69, 9.17) is 9.47 Å². The van der Waals surface area contributed by atoms with E-state index >= 15 is 0 Å². The number of ether oxygens (including phenoxy) is 2. The van der Waals surface area contributed by atoms with Crippen LogP contribution in [0.25, 0.3) is 16.7 Å². The Hall–Kier alpha value is -3.25. The molecule has 3 aliphatic heterocycles. The Morgan fingerprint density at radius 1 is 1.13 bits per heavy atom. The van der Waals surface area contributed by atoms with Gasteiger partial charge in [0.25, 0.3) is 0 Å². The quantitative estimate of drug-likeness (QED) is 0.511. The number of nitrogens with zero attached hydrogens (tertiary/aromatic N) is 5. The number of aromatic nitrogens is 4. The summed E-state index contributed by atoms with van der Waals surface area (Å²) in [7, 11) is 0. The van der Waals surface area contributed by atoms with Crippen LogP contribution in [-0.4, -0.2) is 70.0 Å². The lowest BCUT2D eigenvalue weighted by atomic mass is 9.87. The van der Waals surface area contributed by atoms with Crippen molar-refractivity contribution in [2.45, 2.75) is 63.5 Å². The number of halogens is 3. The van der Waals surface area contributed by atoms with Gasteiger partial charge in [-0.15, -0.1) is 0 Å². The smallest absolute Gasteiger partial charge is 0.424 e. The first kappa shape index (κ1) is 25.1. The van der Waals surface area contributed by atoms with E-state index in [2.05, 4.69) is 39.4 Å². The van der Waals surface area contributed by atoms with E-state index in [0.29, 0.717) is 36.3 Å². The predicted octanol–water partition coefficient (Wildman–Crippen LogP) is 3.70. The van der Waals surface area contributed by atoms with Gasteiger partial charge >= 0.3 is 12.1 Å². The molecule has 3 aliphatic rings. The van der Waals surface area contributed by atoms with Crippen LogP contribution < -0.4 is 10.2 Å². The Balaban J connectivity index is 1.33. The van der Waals surface area contributed by atoms with E-state index in [9.17, 15) is 18.0 Å². The van der Waals surface area contributed by atoms with Gasteiger partial charge < -0.3 is 19.7 Å². The maximum atomic E-state index is 12.9. The van der Waals surface area contributed by atoms with Crippen molar-refractivity contribution < 1.29 is 27.4 Å². The van der Waals surface area contributed by atoms with Crippen LogP contribution in [0.2, 0.25) is 0 Å². The van der Waals surface area contributed by atoms with Crippen molar-refractivity contribution in [3.05, 3.63) is 41.3 Å². The molecule has 6 rings (SSSR count). The van der Waals surface area contributed by atoms with E-state index in [-0.39, 0.29) is 19.1 Å². The summed E-state index contributed by atoms with van der Waals surface area (Å²) in [5, 5.41) is 9.04. The molecule has 202 valence electrons. The Bertz CT molecular complexity index is 1390. The van der Waals surface area contributed by atoms with E-state index in [1.165, 1.54) is 11.1 Å². The topological polar surface area (TPSA) is 94.4 Å². The fourth-order valence-electron chi connectivity index (χ4n) is 5.92. The number of hydrogen-bond donors (Lipinski definition) is 1. The third kappa shape index (κ3) is 4.60. The normalized spacial score (nSPS) is 24.2. The maximum Gasteiger partial charge on any atom is 0.491 e. The van der Waals surface area contributed by atoms with Crippen LogP contribution in [-0.2, 0) is 14.3 Å².